The third-order valence-electron chi connectivity index (χ3n) is 5.43. The molecule has 4 rings (SSSR count). The molecule has 0 atom stereocenters. The van der Waals surface area contributed by atoms with Crippen molar-refractivity contribution in [3.05, 3.63) is 93.4 Å². The summed E-state index contributed by atoms with van der Waals surface area (Å²) in [7, 11) is 0. The van der Waals surface area contributed by atoms with Crippen molar-refractivity contribution in [1.82, 2.24) is 14.9 Å². The molecule has 0 unspecified atom stereocenters. The SMILES string of the molecule is Cc1ccc(C)c(OCc2c(C(=O)Nc3cnn(Cc4c(F)c(F)c(F)c(F)c4F)c3)noc2C)c1. The first kappa shape index (κ1) is 24.9. The highest BCUT2D eigenvalue weighted by atomic mass is 19.2. The van der Waals surface area contributed by atoms with Gasteiger partial charge in [0.1, 0.15) is 18.1 Å². The van der Waals surface area contributed by atoms with E-state index in [0.29, 0.717) is 17.1 Å². The number of rotatable bonds is 7. The fourth-order valence-corrected chi connectivity index (χ4v) is 3.41. The van der Waals surface area contributed by atoms with Crippen molar-refractivity contribution in [3.63, 3.8) is 0 Å². The number of amides is 1. The molecule has 0 aliphatic carbocycles. The third kappa shape index (κ3) is 4.79. The highest BCUT2D eigenvalue weighted by molar-refractivity contribution is 6.03. The van der Waals surface area contributed by atoms with E-state index < -0.39 is 47.1 Å². The number of aryl methyl sites for hydroxylation is 3. The molecule has 0 spiro atoms. The summed E-state index contributed by atoms with van der Waals surface area (Å²) >= 11 is 0. The van der Waals surface area contributed by atoms with Gasteiger partial charge in [-0.25, -0.2) is 22.0 Å². The number of ether oxygens (including phenoxy) is 1. The van der Waals surface area contributed by atoms with Gasteiger partial charge in [-0.15, -0.1) is 0 Å². The summed E-state index contributed by atoms with van der Waals surface area (Å²) in [5.41, 5.74) is 1.28. The molecule has 1 N–H and O–H groups in total. The van der Waals surface area contributed by atoms with Gasteiger partial charge >= 0.3 is 0 Å². The fourth-order valence-electron chi connectivity index (χ4n) is 3.41. The summed E-state index contributed by atoms with van der Waals surface area (Å²) in [6.45, 7) is 4.66. The highest BCUT2D eigenvalue weighted by Crippen LogP contribution is 2.25. The molecule has 188 valence electrons. The number of carbonyl (C=O) groups excluding carboxylic acids is 1. The quantitative estimate of drug-likeness (QED) is 0.207. The number of aromatic nitrogens is 3. The largest absolute Gasteiger partial charge is 0.488 e. The van der Waals surface area contributed by atoms with Gasteiger partial charge in [-0.05, 0) is 38.0 Å². The van der Waals surface area contributed by atoms with Crippen molar-refractivity contribution in [3.8, 4) is 5.75 Å². The first-order valence-corrected chi connectivity index (χ1v) is 10.6. The van der Waals surface area contributed by atoms with Crippen LogP contribution >= 0.6 is 0 Å². The molecule has 2 aromatic carbocycles. The van der Waals surface area contributed by atoms with Gasteiger partial charge < -0.3 is 14.6 Å². The van der Waals surface area contributed by atoms with E-state index in [-0.39, 0.29) is 18.0 Å². The summed E-state index contributed by atoms with van der Waals surface area (Å²) in [5, 5.41) is 10.1. The Kier molecular flexibility index (Phi) is 6.77. The lowest BCUT2D eigenvalue weighted by atomic mass is 10.1. The summed E-state index contributed by atoms with van der Waals surface area (Å²) in [4.78, 5) is 12.8. The molecule has 36 heavy (non-hydrogen) atoms. The first-order valence-electron chi connectivity index (χ1n) is 10.6. The van der Waals surface area contributed by atoms with Crippen molar-refractivity contribution in [1.29, 1.82) is 0 Å². The van der Waals surface area contributed by atoms with Gasteiger partial charge in [0.05, 0.1) is 29.6 Å². The van der Waals surface area contributed by atoms with Crippen molar-refractivity contribution >= 4 is 11.6 Å². The summed E-state index contributed by atoms with van der Waals surface area (Å²) in [6.07, 6.45) is 2.30. The maximum Gasteiger partial charge on any atom is 0.278 e. The maximum atomic E-state index is 14.0. The second-order valence-corrected chi connectivity index (χ2v) is 8.05. The van der Waals surface area contributed by atoms with Gasteiger partial charge in [0.25, 0.3) is 5.91 Å². The molecule has 0 saturated carbocycles. The van der Waals surface area contributed by atoms with Crippen LogP contribution in [0.4, 0.5) is 27.6 Å². The van der Waals surface area contributed by atoms with E-state index in [4.69, 9.17) is 9.26 Å². The minimum absolute atomic E-state index is 0.00188. The van der Waals surface area contributed by atoms with E-state index in [9.17, 15) is 26.7 Å². The van der Waals surface area contributed by atoms with Crippen molar-refractivity contribution in [2.24, 2.45) is 0 Å². The number of hydrogen-bond acceptors (Lipinski definition) is 5. The van der Waals surface area contributed by atoms with E-state index in [1.165, 1.54) is 0 Å². The molecule has 2 heterocycles. The van der Waals surface area contributed by atoms with Crippen LogP contribution in [0.5, 0.6) is 5.75 Å². The number of nitrogens with zero attached hydrogens (tertiary/aromatic N) is 3. The second-order valence-electron chi connectivity index (χ2n) is 8.05. The third-order valence-corrected chi connectivity index (χ3v) is 5.43. The molecule has 0 saturated heterocycles. The Labute approximate surface area is 201 Å². The van der Waals surface area contributed by atoms with Crippen LogP contribution in [0, 0.1) is 49.9 Å². The summed E-state index contributed by atoms with van der Waals surface area (Å²) in [5.74, 6) is -9.95. The van der Waals surface area contributed by atoms with Gasteiger partial charge in [0.15, 0.2) is 29.0 Å². The molecule has 0 aliphatic heterocycles. The zero-order valence-electron chi connectivity index (χ0n) is 19.3. The Morgan fingerprint density at radius 1 is 1.00 bits per heavy atom. The molecule has 12 heteroatoms. The van der Waals surface area contributed by atoms with E-state index in [1.807, 2.05) is 32.0 Å². The lowest BCUT2D eigenvalue weighted by Crippen LogP contribution is -2.15. The van der Waals surface area contributed by atoms with Crippen molar-refractivity contribution in [2.75, 3.05) is 5.32 Å². The zero-order chi connectivity index (χ0) is 26.1. The Morgan fingerprint density at radius 3 is 2.36 bits per heavy atom. The second kappa shape index (κ2) is 9.80. The molecule has 7 nitrogen and oxygen atoms in total. The zero-order valence-corrected chi connectivity index (χ0v) is 19.3. The molecule has 0 aliphatic rings. The predicted octanol–water partition coefficient (Wildman–Crippen LogP) is 5.37. The van der Waals surface area contributed by atoms with E-state index in [2.05, 4.69) is 15.6 Å². The van der Waals surface area contributed by atoms with Crippen LogP contribution in [0.15, 0.2) is 35.1 Å². The van der Waals surface area contributed by atoms with Crippen LogP contribution in [0.2, 0.25) is 0 Å². The molecule has 4 aromatic rings. The van der Waals surface area contributed by atoms with Crippen molar-refractivity contribution < 1.29 is 36.0 Å². The van der Waals surface area contributed by atoms with Crippen LogP contribution in [-0.2, 0) is 13.2 Å². The summed E-state index contributed by atoms with van der Waals surface area (Å²) in [6, 6.07) is 5.71. The molecule has 2 aromatic heterocycles. The van der Waals surface area contributed by atoms with E-state index >= 15 is 0 Å². The van der Waals surface area contributed by atoms with E-state index in [1.54, 1.807) is 6.92 Å². The highest BCUT2D eigenvalue weighted by Gasteiger charge is 2.26. The smallest absolute Gasteiger partial charge is 0.278 e. The fraction of sp³-hybridized carbons (Fsp3) is 0.208. The number of hydrogen-bond donors (Lipinski definition) is 1. The predicted molar refractivity (Wildman–Crippen MR) is 117 cm³/mol. The number of anilines is 1. The molecule has 1 amide bonds. The van der Waals surface area contributed by atoms with Gasteiger partial charge in [0.2, 0.25) is 5.82 Å². The number of nitrogens with one attached hydrogen (secondary N) is 1. The van der Waals surface area contributed by atoms with Crippen LogP contribution in [0.1, 0.15) is 38.5 Å². The lowest BCUT2D eigenvalue weighted by Gasteiger charge is -2.10. The first-order chi connectivity index (χ1) is 17.1. The minimum atomic E-state index is -2.25. The summed E-state index contributed by atoms with van der Waals surface area (Å²) < 4.78 is 80.0. The number of halogens is 5. The Morgan fingerprint density at radius 2 is 1.67 bits per heavy atom. The Balaban J connectivity index is 1.49. The van der Waals surface area contributed by atoms with Gasteiger partial charge in [0, 0.05) is 6.20 Å². The number of benzene rings is 2. The van der Waals surface area contributed by atoms with Crippen LogP contribution in [0.25, 0.3) is 0 Å². The van der Waals surface area contributed by atoms with Gasteiger partial charge in [-0.2, -0.15) is 5.10 Å². The van der Waals surface area contributed by atoms with E-state index in [0.717, 1.165) is 28.2 Å². The average Bonchev–Trinajstić information content (AvgIpc) is 3.45. The van der Waals surface area contributed by atoms with Crippen molar-refractivity contribution in [2.45, 2.75) is 33.9 Å². The Bertz CT molecular complexity index is 1440. The molecular weight excluding hydrogens is 487 g/mol. The maximum absolute atomic E-state index is 14.0. The average molecular weight is 506 g/mol. The molecule has 0 radical (unpaired) electrons. The lowest BCUT2D eigenvalue weighted by molar-refractivity contribution is 0.101. The van der Waals surface area contributed by atoms with Gasteiger partial charge in [-0.1, -0.05) is 17.3 Å². The van der Waals surface area contributed by atoms with Crippen LogP contribution < -0.4 is 10.1 Å². The monoisotopic (exact) mass is 506 g/mol. The molecule has 0 bridgehead atoms. The molecular formula is C24H19F5N4O3. The topological polar surface area (TPSA) is 82.2 Å². The normalized spacial score (nSPS) is 11.1. The number of carbonyl (C=O) groups is 1. The van der Waals surface area contributed by atoms with Crippen LogP contribution in [-0.4, -0.2) is 20.8 Å². The van der Waals surface area contributed by atoms with Crippen LogP contribution in [0.3, 0.4) is 0 Å². The standard InChI is InChI=1S/C24H19F5N4O3/c1-11-4-5-12(2)17(6-11)35-10-16-13(3)36-32-23(16)24(34)31-14-7-30-33(8-14)9-15-18(25)20(27)22(29)21(28)19(15)26/h4-8H,9-10H2,1-3H3,(H,31,34). The van der Waals surface area contributed by atoms with Gasteiger partial charge in [-0.3, -0.25) is 9.48 Å². The Hall–Kier alpha value is -4.22. The minimum Gasteiger partial charge on any atom is -0.488 e. The molecule has 0 fully saturated rings.